The van der Waals surface area contributed by atoms with Gasteiger partial charge in [-0.25, -0.2) is 0 Å². The summed E-state index contributed by atoms with van der Waals surface area (Å²) in [4.78, 5) is 0. The molecule has 90 valence electrons. The molecule has 2 aromatic carbocycles. The van der Waals surface area contributed by atoms with Crippen molar-refractivity contribution in [2.75, 3.05) is 0 Å². The number of nitrogens with zero attached hydrogens (tertiary/aromatic N) is 1. The van der Waals surface area contributed by atoms with Gasteiger partial charge in [0.05, 0.1) is 6.20 Å². The van der Waals surface area contributed by atoms with Crippen LogP contribution in [-0.2, 0) is 6.61 Å². The van der Waals surface area contributed by atoms with E-state index in [1.807, 2.05) is 24.3 Å². The Labute approximate surface area is 112 Å². The molecule has 1 heterocycles. The smallest absolute Gasteiger partial charge is 0.130 e. The molecule has 3 aromatic rings. The molecule has 3 nitrogen and oxygen atoms in total. The summed E-state index contributed by atoms with van der Waals surface area (Å²) in [5, 5.41) is 5.97. The molecule has 0 fully saturated rings. The van der Waals surface area contributed by atoms with Gasteiger partial charge in [-0.1, -0.05) is 33.2 Å². The molecule has 4 heteroatoms. The number of halogens is 1. The molecular formula is C14H10BrNO2. The molecule has 0 radical (unpaired) electrons. The summed E-state index contributed by atoms with van der Waals surface area (Å²) in [6.07, 6.45) is 3.23. The Hall–Kier alpha value is -1.81. The van der Waals surface area contributed by atoms with Gasteiger partial charge < -0.3 is 9.26 Å². The monoisotopic (exact) mass is 303 g/mol. The highest BCUT2D eigenvalue weighted by Gasteiger charge is 2.00. The first-order valence-corrected chi connectivity index (χ1v) is 6.31. The maximum atomic E-state index is 5.68. The molecule has 0 N–H and O–H groups in total. The highest BCUT2D eigenvalue weighted by molar-refractivity contribution is 9.10. The normalized spacial score (nSPS) is 10.7. The van der Waals surface area contributed by atoms with E-state index in [2.05, 4.69) is 33.2 Å². The van der Waals surface area contributed by atoms with Crippen molar-refractivity contribution in [3.05, 3.63) is 58.9 Å². The SMILES string of the molecule is Brc1ccc2cc(OCc3cnoc3)ccc2c1. The van der Waals surface area contributed by atoms with E-state index >= 15 is 0 Å². The van der Waals surface area contributed by atoms with E-state index in [1.54, 1.807) is 12.5 Å². The lowest BCUT2D eigenvalue weighted by Gasteiger charge is -2.06. The number of aromatic nitrogens is 1. The summed E-state index contributed by atoms with van der Waals surface area (Å²) in [5.74, 6) is 0.839. The molecule has 0 amide bonds. The molecule has 0 bridgehead atoms. The predicted octanol–water partition coefficient (Wildman–Crippen LogP) is 4.17. The number of benzene rings is 2. The minimum absolute atomic E-state index is 0.464. The van der Waals surface area contributed by atoms with Crippen molar-refractivity contribution < 1.29 is 9.26 Å². The van der Waals surface area contributed by atoms with Crippen molar-refractivity contribution in [3.8, 4) is 5.75 Å². The van der Waals surface area contributed by atoms with E-state index in [1.165, 1.54) is 5.39 Å². The largest absolute Gasteiger partial charge is 0.489 e. The zero-order valence-corrected chi connectivity index (χ0v) is 11.1. The first kappa shape index (κ1) is 11.3. The Morgan fingerprint density at radius 2 is 1.94 bits per heavy atom. The summed E-state index contributed by atoms with van der Waals surface area (Å²) in [5.41, 5.74) is 0.922. The van der Waals surface area contributed by atoms with Gasteiger partial charge in [-0.15, -0.1) is 0 Å². The zero-order chi connectivity index (χ0) is 12.4. The summed E-state index contributed by atoms with van der Waals surface area (Å²) in [7, 11) is 0. The van der Waals surface area contributed by atoms with Crippen LogP contribution in [0.1, 0.15) is 5.56 Å². The predicted molar refractivity (Wildman–Crippen MR) is 72.5 cm³/mol. The molecular weight excluding hydrogens is 294 g/mol. The van der Waals surface area contributed by atoms with E-state index in [9.17, 15) is 0 Å². The van der Waals surface area contributed by atoms with Crippen LogP contribution in [-0.4, -0.2) is 5.16 Å². The Kier molecular flexibility index (Phi) is 3.02. The van der Waals surface area contributed by atoms with E-state index in [0.29, 0.717) is 6.61 Å². The molecule has 0 aliphatic carbocycles. The first-order chi connectivity index (χ1) is 8.81. The quantitative estimate of drug-likeness (QED) is 0.728. The van der Waals surface area contributed by atoms with Crippen molar-refractivity contribution in [1.29, 1.82) is 0 Å². The van der Waals surface area contributed by atoms with Crippen LogP contribution >= 0.6 is 15.9 Å². The number of hydrogen-bond acceptors (Lipinski definition) is 3. The van der Waals surface area contributed by atoms with Crippen molar-refractivity contribution in [2.45, 2.75) is 6.61 Å². The fourth-order valence-corrected chi connectivity index (χ4v) is 2.13. The van der Waals surface area contributed by atoms with Crippen LogP contribution in [0.25, 0.3) is 10.8 Å². The van der Waals surface area contributed by atoms with Gasteiger partial charge in [0.25, 0.3) is 0 Å². The Morgan fingerprint density at radius 3 is 2.78 bits per heavy atom. The molecule has 18 heavy (non-hydrogen) atoms. The molecule has 0 atom stereocenters. The summed E-state index contributed by atoms with van der Waals surface area (Å²) in [6, 6.07) is 12.2. The Balaban J connectivity index is 1.82. The van der Waals surface area contributed by atoms with Crippen LogP contribution in [0.5, 0.6) is 5.75 Å². The van der Waals surface area contributed by atoms with Gasteiger partial charge in [0, 0.05) is 10.0 Å². The lowest BCUT2D eigenvalue weighted by Crippen LogP contribution is -1.93. The second kappa shape index (κ2) is 4.82. The lowest BCUT2D eigenvalue weighted by atomic mass is 10.1. The third-order valence-corrected chi connectivity index (χ3v) is 3.16. The second-order valence-corrected chi connectivity index (χ2v) is 4.89. The fourth-order valence-electron chi connectivity index (χ4n) is 1.75. The molecule has 0 aliphatic heterocycles. The van der Waals surface area contributed by atoms with Crippen LogP contribution in [0, 0.1) is 0 Å². The van der Waals surface area contributed by atoms with Crippen LogP contribution in [0.2, 0.25) is 0 Å². The average Bonchev–Trinajstić information content (AvgIpc) is 2.89. The van der Waals surface area contributed by atoms with Gasteiger partial charge in [0.15, 0.2) is 0 Å². The minimum Gasteiger partial charge on any atom is -0.489 e. The Bertz CT molecular complexity index is 665. The average molecular weight is 304 g/mol. The van der Waals surface area contributed by atoms with Crippen molar-refractivity contribution >= 4 is 26.7 Å². The van der Waals surface area contributed by atoms with E-state index in [0.717, 1.165) is 21.2 Å². The number of rotatable bonds is 3. The maximum Gasteiger partial charge on any atom is 0.130 e. The van der Waals surface area contributed by atoms with Gasteiger partial charge in [0.2, 0.25) is 0 Å². The fraction of sp³-hybridized carbons (Fsp3) is 0.0714. The van der Waals surface area contributed by atoms with Gasteiger partial charge in [0.1, 0.15) is 18.6 Å². The zero-order valence-electron chi connectivity index (χ0n) is 9.47. The topological polar surface area (TPSA) is 35.3 Å². The van der Waals surface area contributed by atoms with Crippen LogP contribution in [0.3, 0.4) is 0 Å². The van der Waals surface area contributed by atoms with Gasteiger partial charge in [-0.2, -0.15) is 0 Å². The Morgan fingerprint density at radius 1 is 1.11 bits per heavy atom. The van der Waals surface area contributed by atoms with Crippen molar-refractivity contribution in [2.24, 2.45) is 0 Å². The summed E-state index contributed by atoms with van der Waals surface area (Å²) >= 11 is 3.46. The second-order valence-electron chi connectivity index (χ2n) is 3.97. The summed E-state index contributed by atoms with van der Waals surface area (Å²) < 4.78 is 11.5. The van der Waals surface area contributed by atoms with Gasteiger partial charge >= 0.3 is 0 Å². The molecule has 3 rings (SSSR count). The maximum absolute atomic E-state index is 5.68. The van der Waals surface area contributed by atoms with Crippen LogP contribution in [0.15, 0.2) is 57.9 Å². The van der Waals surface area contributed by atoms with E-state index in [-0.39, 0.29) is 0 Å². The molecule has 0 saturated carbocycles. The highest BCUT2D eigenvalue weighted by Crippen LogP contribution is 2.24. The van der Waals surface area contributed by atoms with Gasteiger partial charge in [-0.3, -0.25) is 0 Å². The molecule has 0 spiro atoms. The van der Waals surface area contributed by atoms with Crippen molar-refractivity contribution in [1.82, 2.24) is 5.16 Å². The van der Waals surface area contributed by atoms with Gasteiger partial charge in [-0.05, 0) is 35.0 Å². The van der Waals surface area contributed by atoms with E-state index in [4.69, 9.17) is 9.26 Å². The van der Waals surface area contributed by atoms with Crippen LogP contribution < -0.4 is 4.74 Å². The van der Waals surface area contributed by atoms with Crippen molar-refractivity contribution in [3.63, 3.8) is 0 Å². The summed E-state index contributed by atoms with van der Waals surface area (Å²) in [6.45, 7) is 0.464. The standard InChI is InChI=1S/C14H10BrNO2/c15-13-3-1-12-6-14(4-2-11(12)5-13)17-8-10-7-16-18-9-10/h1-7,9H,8H2. The number of hydrogen-bond donors (Lipinski definition) is 0. The minimum atomic E-state index is 0.464. The molecule has 0 unspecified atom stereocenters. The first-order valence-electron chi connectivity index (χ1n) is 5.52. The third kappa shape index (κ3) is 2.38. The third-order valence-electron chi connectivity index (χ3n) is 2.66. The molecule has 0 aliphatic rings. The highest BCUT2D eigenvalue weighted by atomic mass is 79.9. The molecule has 1 aromatic heterocycles. The van der Waals surface area contributed by atoms with Crippen LogP contribution in [0.4, 0.5) is 0 Å². The molecule has 0 saturated heterocycles. The lowest BCUT2D eigenvalue weighted by molar-refractivity contribution is 0.305. The number of fused-ring (bicyclic) bond motifs is 1. The van der Waals surface area contributed by atoms with E-state index < -0.39 is 0 Å². The number of ether oxygens (including phenoxy) is 1.